The van der Waals surface area contributed by atoms with Gasteiger partial charge in [0.1, 0.15) is 6.04 Å². The first kappa shape index (κ1) is 21.4. The molecule has 0 saturated carbocycles. The summed E-state index contributed by atoms with van der Waals surface area (Å²) in [6, 6.07) is 12.9. The molecule has 0 bridgehead atoms. The van der Waals surface area contributed by atoms with Crippen molar-refractivity contribution in [3.63, 3.8) is 0 Å². The molecule has 28 heavy (non-hydrogen) atoms. The van der Waals surface area contributed by atoms with Gasteiger partial charge < -0.3 is 15.4 Å². The molecule has 0 aliphatic carbocycles. The second kappa shape index (κ2) is 9.90. The molecule has 2 aromatic carbocycles. The number of halogens is 1. The lowest BCUT2D eigenvalue weighted by Gasteiger charge is -2.21. The minimum atomic E-state index is -0.907. The molecule has 0 aliphatic heterocycles. The van der Waals surface area contributed by atoms with E-state index in [0.29, 0.717) is 5.69 Å². The van der Waals surface area contributed by atoms with E-state index >= 15 is 0 Å². The summed E-state index contributed by atoms with van der Waals surface area (Å²) in [7, 11) is 0. The molecule has 2 aromatic rings. The minimum absolute atomic E-state index is 0.237. The third-order valence-corrected chi connectivity index (χ3v) is 4.34. The molecule has 0 aliphatic rings. The van der Waals surface area contributed by atoms with Crippen LogP contribution in [-0.2, 0) is 14.3 Å². The highest BCUT2D eigenvalue weighted by molar-refractivity contribution is 6.33. The second-order valence-electron chi connectivity index (χ2n) is 6.70. The fraction of sp³-hybridized carbons (Fsp3) is 0.286. The van der Waals surface area contributed by atoms with Gasteiger partial charge >= 0.3 is 5.97 Å². The predicted octanol–water partition coefficient (Wildman–Crippen LogP) is 3.58. The van der Waals surface area contributed by atoms with Crippen LogP contribution < -0.4 is 10.6 Å². The number of carbonyl (C=O) groups is 3. The fourth-order valence-corrected chi connectivity index (χ4v) is 2.64. The number of ether oxygens (including phenoxy) is 1. The second-order valence-corrected chi connectivity index (χ2v) is 7.10. The number of anilines is 1. The highest BCUT2D eigenvalue weighted by Crippen LogP contribution is 2.16. The monoisotopic (exact) mass is 402 g/mol. The number of nitrogens with one attached hydrogen (secondary N) is 2. The van der Waals surface area contributed by atoms with E-state index in [2.05, 4.69) is 10.6 Å². The lowest BCUT2D eigenvalue weighted by atomic mass is 10.0. The van der Waals surface area contributed by atoms with Crippen LogP contribution >= 0.6 is 11.6 Å². The Balaban J connectivity index is 1.93. The van der Waals surface area contributed by atoms with Crippen LogP contribution in [-0.4, -0.2) is 30.4 Å². The first-order chi connectivity index (χ1) is 13.3. The number of hydrogen-bond donors (Lipinski definition) is 2. The van der Waals surface area contributed by atoms with E-state index in [4.69, 9.17) is 16.3 Å². The predicted molar refractivity (Wildman–Crippen MR) is 108 cm³/mol. The zero-order valence-corrected chi connectivity index (χ0v) is 16.7. The molecule has 2 N–H and O–H groups in total. The average Bonchev–Trinajstić information content (AvgIpc) is 2.66. The van der Waals surface area contributed by atoms with Gasteiger partial charge in [-0.15, -0.1) is 0 Å². The van der Waals surface area contributed by atoms with Crippen molar-refractivity contribution in [2.75, 3.05) is 11.9 Å². The summed E-state index contributed by atoms with van der Waals surface area (Å²) >= 11 is 6.02. The van der Waals surface area contributed by atoms with Crippen molar-refractivity contribution >= 4 is 35.1 Å². The van der Waals surface area contributed by atoms with E-state index in [-0.39, 0.29) is 16.5 Å². The van der Waals surface area contributed by atoms with Crippen molar-refractivity contribution < 1.29 is 19.1 Å². The molecule has 0 fully saturated rings. The Hall–Kier alpha value is -2.86. The van der Waals surface area contributed by atoms with Gasteiger partial charge in [0.25, 0.3) is 11.8 Å². The van der Waals surface area contributed by atoms with Gasteiger partial charge in [0.2, 0.25) is 0 Å². The van der Waals surface area contributed by atoms with Gasteiger partial charge in [0.05, 0.1) is 10.6 Å². The maximum atomic E-state index is 12.4. The third kappa shape index (κ3) is 6.09. The third-order valence-electron chi connectivity index (χ3n) is 4.01. The first-order valence-electron chi connectivity index (χ1n) is 8.86. The van der Waals surface area contributed by atoms with Crippen molar-refractivity contribution in [2.45, 2.75) is 26.8 Å². The van der Waals surface area contributed by atoms with E-state index in [0.717, 1.165) is 5.56 Å². The Morgan fingerprint density at radius 2 is 1.68 bits per heavy atom. The Labute approximate surface area is 169 Å². The lowest BCUT2D eigenvalue weighted by Crippen LogP contribution is -2.46. The van der Waals surface area contributed by atoms with Gasteiger partial charge in [0.15, 0.2) is 6.61 Å². The SMILES string of the molecule is Cc1ccc(NC(=O)COC(=O)[C@@H](NC(=O)c2ccccc2Cl)C(C)C)cc1. The largest absolute Gasteiger partial charge is 0.454 e. The smallest absolute Gasteiger partial charge is 0.329 e. The summed E-state index contributed by atoms with van der Waals surface area (Å²) < 4.78 is 5.09. The number of benzene rings is 2. The molecule has 0 spiro atoms. The van der Waals surface area contributed by atoms with E-state index in [1.165, 1.54) is 0 Å². The molecule has 0 aromatic heterocycles. The topological polar surface area (TPSA) is 84.5 Å². The molecule has 1 atom stereocenters. The Kier molecular flexibility index (Phi) is 7.58. The van der Waals surface area contributed by atoms with E-state index in [1.54, 1.807) is 50.2 Å². The van der Waals surface area contributed by atoms with Crippen LogP contribution in [0.2, 0.25) is 5.02 Å². The average molecular weight is 403 g/mol. The van der Waals surface area contributed by atoms with Crippen LogP contribution in [0, 0.1) is 12.8 Å². The van der Waals surface area contributed by atoms with E-state index < -0.39 is 30.4 Å². The quantitative estimate of drug-likeness (QED) is 0.693. The molecular formula is C21H23ClN2O4. The standard InChI is InChI=1S/C21H23ClN2O4/c1-13(2)19(24-20(26)16-6-4-5-7-17(16)22)21(27)28-12-18(25)23-15-10-8-14(3)9-11-15/h4-11,13,19H,12H2,1-3H3,(H,23,25)(H,24,26)/t19-/m0/s1. The molecular weight excluding hydrogens is 380 g/mol. The summed E-state index contributed by atoms with van der Waals surface area (Å²) in [6.07, 6.45) is 0. The number of carbonyl (C=O) groups excluding carboxylic acids is 3. The highest BCUT2D eigenvalue weighted by Gasteiger charge is 2.27. The van der Waals surface area contributed by atoms with Crippen LogP contribution in [0.1, 0.15) is 29.8 Å². The van der Waals surface area contributed by atoms with Gasteiger partial charge in [0, 0.05) is 5.69 Å². The Bertz CT molecular complexity index is 850. The first-order valence-corrected chi connectivity index (χ1v) is 9.24. The summed E-state index contributed by atoms with van der Waals surface area (Å²) in [6.45, 7) is 5.03. The summed E-state index contributed by atoms with van der Waals surface area (Å²) in [5.74, 6) is -1.86. The van der Waals surface area contributed by atoms with Crippen molar-refractivity contribution in [2.24, 2.45) is 5.92 Å². The molecule has 2 amide bonds. The lowest BCUT2D eigenvalue weighted by molar-refractivity contribution is -0.150. The molecule has 0 radical (unpaired) electrons. The van der Waals surface area contributed by atoms with Gasteiger partial charge in [-0.2, -0.15) is 0 Å². The number of aryl methyl sites for hydroxylation is 1. The van der Waals surface area contributed by atoms with Crippen molar-refractivity contribution in [1.82, 2.24) is 5.32 Å². The van der Waals surface area contributed by atoms with Crippen LogP contribution in [0.25, 0.3) is 0 Å². The Morgan fingerprint density at radius 1 is 1.04 bits per heavy atom. The van der Waals surface area contributed by atoms with Gasteiger partial charge in [-0.05, 0) is 37.1 Å². The molecule has 148 valence electrons. The van der Waals surface area contributed by atoms with Crippen molar-refractivity contribution in [1.29, 1.82) is 0 Å². The minimum Gasteiger partial charge on any atom is -0.454 e. The molecule has 0 unspecified atom stereocenters. The zero-order chi connectivity index (χ0) is 20.7. The molecule has 6 nitrogen and oxygen atoms in total. The van der Waals surface area contributed by atoms with Crippen LogP contribution in [0.4, 0.5) is 5.69 Å². The van der Waals surface area contributed by atoms with Crippen molar-refractivity contribution in [3.05, 3.63) is 64.7 Å². The molecule has 7 heteroatoms. The van der Waals surface area contributed by atoms with E-state index in [9.17, 15) is 14.4 Å². The molecule has 0 saturated heterocycles. The number of hydrogen-bond acceptors (Lipinski definition) is 4. The zero-order valence-electron chi connectivity index (χ0n) is 16.0. The fourth-order valence-electron chi connectivity index (χ4n) is 2.42. The van der Waals surface area contributed by atoms with Crippen LogP contribution in [0.3, 0.4) is 0 Å². The molecule has 2 rings (SSSR count). The highest BCUT2D eigenvalue weighted by atomic mass is 35.5. The summed E-state index contributed by atoms with van der Waals surface area (Å²) in [5, 5.41) is 5.55. The number of amides is 2. The van der Waals surface area contributed by atoms with Crippen LogP contribution in [0.15, 0.2) is 48.5 Å². The van der Waals surface area contributed by atoms with Gasteiger partial charge in [-0.3, -0.25) is 9.59 Å². The number of esters is 1. The maximum absolute atomic E-state index is 12.4. The number of rotatable bonds is 7. The summed E-state index contributed by atoms with van der Waals surface area (Å²) in [5.41, 5.74) is 1.94. The maximum Gasteiger partial charge on any atom is 0.329 e. The summed E-state index contributed by atoms with van der Waals surface area (Å²) in [4.78, 5) is 36.8. The normalized spacial score (nSPS) is 11.6. The molecule has 0 heterocycles. The Morgan fingerprint density at radius 3 is 2.29 bits per heavy atom. The van der Waals surface area contributed by atoms with Gasteiger partial charge in [-0.1, -0.05) is 55.3 Å². The van der Waals surface area contributed by atoms with Gasteiger partial charge in [-0.25, -0.2) is 4.79 Å². The van der Waals surface area contributed by atoms with Crippen molar-refractivity contribution in [3.8, 4) is 0 Å². The van der Waals surface area contributed by atoms with E-state index in [1.807, 2.05) is 19.1 Å². The van der Waals surface area contributed by atoms with Crippen LogP contribution in [0.5, 0.6) is 0 Å².